The molecule has 1 aromatic heterocycles. The average Bonchev–Trinajstić information content (AvgIpc) is 3.36. The zero-order chi connectivity index (χ0) is 28.0. The third-order valence-corrected chi connectivity index (χ3v) is 7.81. The van der Waals surface area contributed by atoms with Gasteiger partial charge in [0.2, 0.25) is 0 Å². The maximum atomic E-state index is 12.9. The predicted octanol–water partition coefficient (Wildman–Crippen LogP) is 5.64. The average molecular weight is 538 g/mol. The molecular weight excluding hydrogens is 502 g/mol. The van der Waals surface area contributed by atoms with Crippen molar-refractivity contribution in [1.82, 2.24) is 9.80 Å². The van der Waals surface area contributed by atoms with Gasteiger partial charge in [-0.05, 0) is 42.7 Å². The standard InChI is InChI=1S/C33H35N3O4/c1-3-39-32(37)31-28-22-27(38-2)14-15-29(28)40-30(31)23-36-20-18-35(19-21-36)17-16-33(24-34,25-10-6-4-7-11-25)26-12-8-5-9-13-26/h4-15,22H,3,16-21,23H2,1-2H3. The van der Waals surface area contributed by atoms with Gasteiger partial charge in [-0.15, -0.1) is 0 Å². The number of methoxy groups -OCH3 is 1. The summed E-state index contributed by atoms with van der Waals surface area (Å²) in [5.41, 5.74) is 2.46. The number of hydrogen-bond acceptors (Lipinski definition) is 7. The maximum Gasteiger partial charge on any atom is 0.342 e. The van der Waals surface area contributed by atoms with Crippen molar-refractivity contribution in [3.8, 4) is 11.8 Å². The van der Waals surface area contributed by atoms with E-state index in [1.165, 1.54) is 0 Å². The largest absolute Gasteiger partial charge is 0.497 e. The van der Waals surface area contributed by atoms with Crippen molar-refractivity contribution in [2.45, 2.75) is 25.3 Å². The van der Waals surface area contributed by atoms with Crippen LogP contribution in [0.15, 0.2) is 83.3 Å². The molecule has 1 aliphatic heterocycles. The van der Waals surface area contributed by atoms with Crippen molar-refractivity contribution in [2.24, 2.45) is 0 Å². The Kier molecular flexibility index (Phi) is 8.49. The molecule has 2 heterocycles. The monoisotopic (exact) mass is 537 g/mol. The summed E-state index contributed by atoms with van der Waals surface area (Å²) in [5, 5.41) is 11.2. The Hall–Kier alpha value is -4.12. The van der Waals surface area contributed by atoms with Gasteiger partial charge >= 0.3 is 5.97 Å². The van der Waals surface area contributed by atoms with Crippen molar-refractivity contribution in [3.05, 3.63) is 101 Å². The van der Waals surface area contributed by atoms with E-state index in [2.05, 4.69) is 40.1 Å². The molecule has 1 saturated heterocycles. The second kappa shape index (κ2) is 12.4. The lowest BCUT2D eigenvalue weighted by Crippen LogP contribution is -2.47. The molecule has 4 aromatic rings. The first-order valence-electron chi connectivity index (χ1n) is 13.8. The van der Waals surface area contributed by atoms with E-state index in [1.54, 1.807) is 14.0 Å². The molecule has 7 nitrogen and oxygen atoms in total. The summed E-state index contributed by atoms with van der Waals surface area (Å²) in [6.07, 6.45) is 0.704. The van der Waals surface area contributed by atoms with Crippen LogP contribution in [-0.4, -0.2) is 62.2 Å². The summed E-state index contributed by atoms with van der Waals surface area (Å²) in [6, 6.07) is 28.4. The van der Waals surface area contributed by atoms with Crippen LogP contribution in [0.3, 0.4) is 0 Å². The minimum atomic E-state index is -0.705. The van der Waals surface area contributed by atoms with Gasteiger partial charge in [0, 0.05) is 38.1 Å². The molecule has 1 fully saturated rings. The molecule has 1 aliphatic rings. The zero-order valence-electron chi connectivity index (χ0n) is 23.1. The molecule has 0 spiro atoms. The van der Waals surface area contributed by atoms with Crippen LogP contribution in [0.2, 0.25) is 0 Å². The van der Waals surface area contributed by atoms with Crippen LogP contribution in [0.4, 0.5) is 0 Å². The molecular formula is C33H35N3O4. The van der Waals surface area contributed by atoms with Gasteiger partial charge in [0.05, 0.1) is 26.3 Å². The van der Waals surface area contributed by atoms with E-state index in [9.17, 15) is 10.1 Å². The number of fused-ring (bicyclic) bond motifs is 1. The smallest absolute Gasteiger partial charge is 0.342 e. The molecule has 5 rings (SSSR count). The highest BCUT2D eigenvalue weighted by molar-refractivity contribution is 6.05. The molecule has 206 valence electrons. The second-order valence-electron chi connectivity index (χ2n) is 10.1. The fraction of sp³-hybridized carbons (Fsp3) is 0.333. The highest BCUT2D eigenvalue weighted by Crippen LogP contribution is 2.36. The normalized spacial score (nSPS) is 14.6. The number of furan rings is 1. The number of nitriles is 1. The molecule has 0 atom stereocenters. The number of esters is 1. The molecule has 7 heteroatoms. The van der Waals surface area contributed by atoms with Gasteiger partial charge in [-0.1, -0.05) is 60.7 Å². The molecule has 0 unspecified atom stereocenters. The molecule has 0 aliphatic carbocycles. The van der Waals surface area contributed by atoms with Crippen LogP contribution in [-0.2, 0) is 16.7 Å². The van der Waals surface area contributed by atoms with Gasteiger partial charge < -0.3 is 18.8 Å². The third kappa shape index (κ3) is 5.60. The Bertz CT molecular complexity index is 1430. The highest BCUT2D eigenvalue weighted by atomic mass is 16.5. The van der Waals surface area contributed by atoms with Crippen molar-refractivity contribution in [2.75, 3.05) is 46.4 Å². The fourth-order valence-corrected chi connectivity index (χ4v) is 5.58. The predicted molar refractivity (Wildman–Crippen MR) is 154 cm³/mol. The van der Waals surface area contributed by atoms with E-state index < -0.39 is 5.41 Å². The lowest BCUT2D eigenvalue weighted by molar-refractivity contribution is 0.0522. The molecule has 0 amide bonds. The van der Waals surface area contributed by atoms with Crippen LogP contribution in [0.1, 0.15) is 40.6 Å². The number of carbonyl (C=O) groups excluding carboxylic acids is 1. The van der Waals surface area contributed by atoms with Crippen molar-refractivity contribution < 1.29 is 18.7 Å². The summed E-state index contributed by atoms with van der Waals surface area (Å²) >= 11 is 0. The number of hydrogen-bond donors (Lipinski definition) is 0. The fourth-order valence-electron chi connectivity index (χ4n) is 5.58. The Morgan fingerprint density at radius 3 is 2.15 bits per heavy atom. The number of ether oxygens (including phenoxy) is 2. The van der Waals surface area contributed by atoms with Crippen LogP contribution in [0.5, 0.6) is 5.75 Å². The summed E-state index contributed by atoms with van der Waals surface area (Å²) in [6.45, 7) is 6.83. The van der Waals surface area contributed by atoms with Gasteiger partial charge in [0.15, 0.2) is 0 Å². The Balaban J connectivity index is 1.28. The number of rotatable bonds is 10. The van der Waals surface area contributed by atoms with Crippen LogP contribution in [0, 0.1) is 11.3 Å². The first-order valence-corrected chi connectivity index (χ1v) is 13.8. The maximum absolute atomic E-state index is 12.9. The minimum absolute atomic E-state index is 0.295. The van der Waals surface area contributed by atoms with Crippen LogP contribution in [0.25, 0.3) is 11.0 Å². The molecule has 3 aromatic carbocycles. The van der Waals surface area contributed by atoms with Crippen LogP contribution < -0.4 is 4.74 Å². The second-order valence-corrected chi connectivity index (χ2v) is 10.1. The van der Waals surface area contributed by atoms with Gasteiger partial charge in [0.25, 0.3) is 0 Å². The third-order valence-electron chi connectivity index (χ3n) is 7.81. The number of nitrogens with zero attached hydrogens (tertiary/aromatic N) is 3. The summed E-state index contributed by atoms with van der Waals surface area (Å²) < 4.78 is 16.9. The number of piperazine rings is 1. The van der Waals surface area contributed by atoms with E-state index in [0.717, 1.165) is 43.9 Å². The zero-order valence-corrected chi connectivity index (χ0v) is 23.1. The Morgan fingerprint density at radius 2 is 1.57 bits per heavy atom. The van der Waals surface area contributed by atoms with E-state index in [1.807, 2.05) is 54.6 Å². The molecule has 0 radical (unpaired) electrons. The SMILES string of the molecule is CCOC(=O)c1c(CN2CCN(CCC(C#N)(c3ccccc3)c3ccccc3)CC2)oc2ccc(OC)cc12. The molecule has 0 bridgehead atoms. The van der Waals surface area contributed by atoms with Crippen LogP contribution >= 0.6 is 0 Å². The van der Waals surface area contributed by atoms with E-state index >= 15 is 0 Å². The van der Waals surface area contributed by atoms with Crippen molar-refractivity contribution in [1.29, 1.82) is 5.26 Å². The van der Waals surface area contributed by atoms with Gasteiger partial charge in [-0.2, -0.15) is 5.26 Å². The van der Waals surface area contributed by atoms with E-state index in [4.69, 9.17) is 13.9 Å². The topological polar surface area (TPSA) is 78.9 Å². The quantitative estimate of drug-likeness (QED) is 0.242. The first-order chi connectivity index (χ1) is 19.6. The number of benzene rings is 3. The summed E-state index contributed by atoms with van der Waals surface area (Å²) in [5.74, 6) is 0.906. The first kappa shape index (κ1) is 27.4. The van der Waals surface area contributed by atoms with Gasteiger partial charge in [0.1, 0.15) is 28.1 Å². The Labute approximate surface area is 235 Å². The highest BCUT2D eigenvalue weighted by Gasteiger charge is 2.35. The van der Waals surface area contributed by atoms with Gasteiger partial charge in [-0.25, -0.2) is 4.79 Å². The molecule has 40 heavy (non-hydrogen) atoms. The lowest BCUT2D eigenvalue weighted by atomic mass is 9.73. The number of carbonyl (C=O) groups is 1. The van der Waals surface area contributed by atoms with Crippen molar-refractivity contribution in [3.63, 3.8) is 0 Å². The lowest BCUT2D eigenvalue weighted by Gasteiger charge is -2.36. The molecule has 0 N–H and O–H groups in total. The summed E-state index contributed by atoms with van der Waals surface area (Å²) in [4.78, 5) is 17.6. The summed E-state index contributed by atoms with van der Waals surface area (Å²) in [7, 11) is 1.60. The van der Waals surface area contributed by atoms with Gasteiger partial charge in [-0.3, -0.25) is 4.90 Å². The Morgan fingerprint density at radius 1 is 0.950 bits per heavy atom. The minimum Gasteiger partial charge on any atom is -0.497 e. The van der Waals surface area contributed by atoms with E-state index in [-0.39, 0.29) is 5.97 Å². The molecule has 0 saturated carbocycles. The van der Waals surface area contributed by atoms with Crippen molar-refractivity contribution >= 4 is 16.9 Å². The van der Waals surface area contributed by atoms with E-state index in [0.29, 0.717) is 47.6 Å².